The fourth-order valence-electron chi connectivity index (χ4n) is 3.89. The third-order valence-corrected chi connectivity index (χ3v) is 5.53. The highest BCUT2D eigenvalue weighted by molar-refractivity contribution is 5.42. The van der Waals surface area contributed by atoms with Crippen LogP contribution in [0.3, 0.4) is 0 Å². The van der Waals surface area contributed by atoms with E-state index in [1.54, 1.807) is 0 Å². The van der Waals surface area contributed by atoms with Gasteiger partial charge in [0, 0.05) is 31.5 Å². The Morgan fingerprint density at radius 3 is 2.62 bits per heavy atom. The molecule has 6 nitrogen and oxygen atoms in total. The Balaban J connectivity index is 1.75. The van der Waals surface area contributed by atoms with E-state index in [1.807, 2.05) is 12.3 Å². The van der Waals surface area contributed by atoms with Gasteiger partial charge in [-0.1, -0.05) is 54.6 Å². The SMILES string of the molecule is CC(C)N(CCCCOCC(O)O)c1cnc(C2C=CC=CC2)c(Cc2ccccc2)n1. The van der Waals surface area contributed by atoms with Gasteiger partial charge in [0.2, 0.25) is 0 Å². The predicted octanol–water partition coefficient (Wildman–Crippen LogP) is 3.99. The molecule has 1 atom stereocenters. The van der Waals surface area contributed by atoms with Crippen LogP contribution in [-0.2, 0) is 11.2 Å². The first-order valence-corrected chi connectivity index (χ1v) is 11.5. The van der Waals surface area contributed by atoms with Crippen molar-refractivity contribution in [2.75, 3.05) is 24.7 Å². The van der Waals surface area contributed by atoms with Crippen LogP contribution in [0.4, 0.5) is 5.82 Å². The van der Waals surface area contributed by atoms with Crippen molar-refractivity contribution in [3.05, 3.63) is 77.8 Å². The Hall–Kier alpha value is -2.54. The van der Waals surface area contributed by atoms with E-state index < -0.39 is 6.29 Å². The lowest BCUT2D eigenvalue weighted by molar-refractivity contribution is -0.0948. The molecule has 3 rings (SSSR count). The summed E-state index contributed by atoms with van der Waals surface area (Å²) in [5.74, 6) is 1.16. The first-order chi connectivity index (χ1) is 15.5. The van der Waals surface area contributed by atoms with E-state index in [4.69, 9.17) is 24.9 Å². The van der Waals surface area contributed by atoms with Crippen molar-refractivity contribution in [1.82, 2.24) is 9.97 Å². The molecule has 1 aromatic carbocycles. The molecule has 32 heavy (non-hydrogen) atoms. The molecule has 1 unspecified atom stereocenters. The van der Waals surface area contributed by atoms with E-state index >= 15 is 0 Å². The van der Waals surface area contributed by atoms with Crippen LogP contribution >= 0.6 is 0 Å². The van der Waals surface area contributed by atoms with E-state index in [1.165, 1.54) is 5.56 Å². The molecule has 0 spiro atoms. The molecule has 0 saturated carbocycles. The Labute approximate surface area is 191 Å². The number of ether oxygens (including phenoxy) is 1. The van der Waals surface area contributed by atoms with E-state index in [2.05, 4.69) is 67.3 Å². The predicted molar refractivity (Wildman–Crippen MR) is 128 cm³/mol. The number of aliphatic hydroxyl groups excluding tert-OH is 1. The van der Waals surface area contributed by atoms with Crippen molar-refractivity contribution >= 4 is 5.82 Å². The molecule has 6 heteroatoms. The summed E-state index contributed by atoms with van der Waals surface area (Å²) in [5, 5.41) is 17.7. The number of nitrogens with zero attached hydrogens (tertiary/aromatic N) is 3. The van der Waals surface area contributed by atoms with Gasteiger partial charge in [0.1, 0.15) is 5.82 Å². The van der Waals surface area contributed by atoms with Crippen LogP contribution in [0.15, 0.2) is 60.8 Å². The topological polar surface area (TPSA) is 78.7 Å². The molecule has 1 aliphatic rings. The highest BCUT2D eigenvalue weighted by atomic mass is 16.5. The second-order valence-corrected chi connectivity index (χ2v) is 8.43. The van der Waals surface area contributed by atoms with Gasteiger partial charge in [0.05, 0.1) is 24.2 Å². The Morgan fingerprint density at radius 1 is 1.12 bits per heavy atom. The fraction of sp³-hybridized carbons (Fsp3) is 0.462. The van der Waals surface area contributed by atoms with Crippen molar-refractivity contribution in [2.24, 2.45) is 0 Å². The fourth-order valence-corrected chi connectivity index (χ4v) is 3.89. The molecule has 172 valence electrons. The van der Waals surface area contributed by atoms with Crippen LogP contribution in [0.1, 0.15) is 56.0 Å². The van der Waals surface area contributed by atoms with E-state index in [0.717, 1.165) is 49.4 Å². The highest BCUT2D eigenvalue weighted by Gasteiger charge is 2.20. The first kappa shape index (κ1) is 24.1. The van der Waals surface area contributed by atoms with Gasteiger partial charge < -0.3 is 19.8 Å². The molecule has 0 saturated heterocycles. The summed E-state index contributed by atoms with van der Waals surface area (Å²) < 4.78 is 5.25. The zero-order valence-electron chi connectivity index (χ0n) is 19.1. The third-order valence-electron chi connectivity index (χ3n) is 5.53. The van der Waals surface area contributed by atoms with Crippen LogP contribution in [-0.4, -0.2) is 52.3 Å². The van der Waals surface area contributed by atoms with E-state index in [0.29, 0.717) is 6.61 Å². The summed E-state index contributed by atoms with van der Waals surface area (Å²) in [6, 6.07) is 10.7. The number of hydrogen-bond donors (Lipinski definition) is 2. The molecular weight excluding hydrogens is 402 g/mol. The summed E-state index contributed by atoms with van der Waals surface area (Å²) in [4.78, 5) is 12.3. The van der Waals surface area contributed by atoms with Crippen molar-refractivity contribution in [1.29, 1.82) is 0 Å². The molecule has 0 amide bonds. The second-order valence-electron chi connectivity index (χ2n) is 8.43. The van der Waals surface area contributed by atoms with E-state index in [-0.39, 0.29) is 18.6 Å². The van der Waals surface area contributed by atoms with Gasteiger partial charge >= 0.3 is 0 Å². The zero-order valence-corrected chi connectivity index (χ0v) is 19.1. The Bertz CT molecular complexity index is 881. The van der Waals surface area contributed by atoms with Gasteiger partial charge in [-0.3, -0.25) is 4.98 Å². The summed E-state index contributed by atoms with van der Waals surface area (Å²) in [7, 11) is 0. The maximum atomic E-state index is 8.87. The van der Waals surface area contributed by atoms with Crippen LogP contribution in [0.5, 0.6) is 0 Å². The maximum Gasteiger partial charge on any atom is 0.175 e. The van der Waals surface area contributed by atoms with Crippen LogP contribution in [0.2, 0.25) is 0 Å². The minimum absolute atomic E-state index is 0.0471. The number of unbranched alkanes of at least 4 members (excludes halogenated alkanes) is 1. The lowest BCUT2D eigenvalue weighted by Crippen LogP contribution is -2.33. The summed E-state index contributed by atoms with van der Waals surface area (Å²) in [6.07, 6.45) is 12.5. The zero-order chi connectivity index (χ0) is 22.8. The minimum atomic E-state index is -1.41. The van der Waals surface area contributed by atoms with Crippen molar-refractivity contribution < 1.29 is 14.9 Å². The molecule has 0 bridgehead atoms. The average Bonchev–Trinajstić information content (AvgIpc) is 2.79. The molecule has 0 aliphatic heterocycles. The lowest BCUT2D eigenvalue weighted by Gasteiger charge is -2.29. The average molecular weight is 438 g/mol. The van der Waals surface area contributed by atoms with Crippen molar-refractivity contribution in [3.63, 3.8) is 0 Å². The van der Waals surface area contributed by atoms with Crippen molar-refractivity contribution in [2.45, 2.75) is 57.8 Å². The Morgan fingerprint density at radius 2 is 1.94 bits per heavy atom. The number of hydrogen-bond acceptors (Lipinski definition) is 6. The standard InChI is InChI=1S/C26H35N3O3/c1-20(2)29(15-9-10-16-32-19-25(30)31)24-18-27-26(22-13-7-4-8-14-22)23(28-24)17-21-11-5-3-6-12-21/h3-8,11-13,18,20,22,25,30-31H,9-10,14-17,19H2,1-2H3. The number of allylic oxidation sites excluding steroid dienone is 4. The lowest BCUT2D eigenvalue weighted by atomic mass is 9.93. The van der Waals surface area contributed by atoms with Gasteiger partial charge in [-0.15, -0.1) is 0 Å². The number of benzene rings is 1. The highest BCUT2D eigenvalue weighted by Crippen LogP contribution is 2.28. The minimum Gasteiger partial charge on any atom is -0.376 e. The first-order valence-electron chi connectivity index (χ1n) is 11.5. The number of aromatic nitrogens is 2. The quantitative estimate of drug-likeness (QED) is 0.386. The van der Waals surface area contributed by atoms with Gasteiger partial charge in [-0.05, 0) is 38.7 Å². The monoisotopic (exact) mass is 437 g/mol. The molecular formula is C26H35N3O3. The number of rotatable bonds is 12. The molecule has 0 fully saturated rings. The van der Waals surface area contributed by atoms with Gasteiger partial charge in [0.15, 0.2) is 6.29 Å². The van der Waals surface area contributed by atoms with Crippen molar-refractivity contribution in [3.8, 4) is 0 Å². The maximum absolute atomic E-state index is 8.87. The summed E-state index contributed by atoms with van der Waals surface area (Å²) in [6.45, 7) is 5.64. The summed E-state index contributed by atoms with van der Waals surface area (Å²) in [5.41, 5.74) is 3.32. The van der Waals surface area contributed by atoms with Crippen LogP contribution < -0.4 is 4.90 Å². The van der Waals surface area contributed by atoms with Crippen LogP contribution in [0.25, 0.3) is 0 Å². The third kappa shape index (κ3) is 7.26. The number of anilines is 1. The molecule has 2 aromatic rings. The summed E-state index contributed by atoms with van der Waals surface area (Å²) >= 11 is 0. The van der Waals surface area contributed by atoms with Gasteiger partial charge in [-0.2, -0.15) is 0 Å². The normalized spacial score (nSPS) is 15.6. The largest absolute Gasteiger partial charge is 0.376 e. The van der Waals surface area contributed by atoms with Gasteiger partial charge in [0.25, 0.3) is 0 Å². The van der Waals surface area contributed by atoms with E-state index in [9.17, 15) is 0 Å². The number of aliphatic hydroxyl groups is 2. The smallest absolute Gasteiger partial charge is 0.175 e. The van der Waals surface area contributed by atoms with Crippen LogP contribution in [0, 0.1) is 0 Å². The molecule has 1 heterocycles. The molecule has 2 N–H and O–H groups in total. The molecule has 1 aromatic heterocycles. The molecule has 0 radical (unpaired) electrons. The Kier molecular flexibility index (Phi) is 9.41. The van der Waals surface area contributed by atoms with Gasteiger partial charge in [-0.25, -0.2) is 4.98 Å². The molecule has 1 aliphatic carbocycles. The second kappa shape index (κ2) is 12.5.